The minimum absolute atomic E-state index is 0.657. The second-order valence-corrected chi connectivity index (χ2v) is 3.88. The van der Waals surface area contributed by atoms with Gasteiger partial charge in [0.2, 0.25) is 0 Å². The predicted octanol–water partition coefficient (Wildman–Crippen LogP) is 1.89. The number of nitrogens with zero attached hydrogens (tertiary/aromatic N) is 1. The molecule has 0 fully saturated rings. The molecule has 0 bridgehead atoms. The summed E-state index contributed by atoms with van der Waals surface area (Å²) in [5.74, 6) is 1.87. The number of aromatic nitrogens is 2. The summed E-state index contributed by atoms with van der Waals surface area (Å²) in [6.07, 6.45) is 3.57. The van der Waals surface area contributed by atoms with Crippen molar-refractivity contribution in [2.75, 3.05) is 13.2 Å². The number of H-pyrrole nitrogens is 1. The van der Waals surface area contributed by atoms with Crippen molar-refractivity contribution in [2.45, 2.75) is 13.5 Å². The fourth-order valence-corrected chi connectivity index (χ4v) is 1.55. The van der Waals surface area contributed by atoms with Gasteiger partial charge in [0.1, 0.15) is 18.2 Å². The third-order valence-electron chi connectivity index (χ3n) is 2.38. The monoisotopic (exact) mass is 231 g/mol. The first-order chi connectivity index (χ1) is 8.34. The number of hydrogen-bond acceptors (Lipinski definition) is 3. The Bertz CT molecular complexity index is 440. The summed E-state index contributed by atoms with van der Waals surface area (Å²) >= 11 is 0. The summed E-state index contributed by atoms with van der Waals surface area (Å²) in [4.78, 5) is 7.16. The van der Waals surface area contributed by atoms with Crippen LogP contribution in [-0.4, -0.2) is 23.1 Å². The molecule has 4 nitrogen and oxygen atoms in total. The molecule has 0 aliphatic rings. The highest BCUT2D eigenvalue weighted by Crippen LogP contribution is 2.11. The van der Waals surface area contributed by atoms with Crippen LogP contribution in [0.25, 0.3) is 0 Å². The van der Waals surface area contributed by atoms with E-state index in [0.717, 1.165) is 24.7 Å². The average molecular weight is 231 g/mol. The summed E-state index contributed by atoms with van der Waals surface area (Å²) in [7, 11) is 0. The second kappa shape index (κ2) is 6.06. The van der Waals surface area contributed by atoms with E-state index in [4.69, 9.17) is 4.74 Å². The van der Waals surface area contributed by atoms with Gasteiger partial charge in [-0.1, -0.05) is 12.1 Å². The third-order valence-corrected chi connectivity index (χ3v) is 2.38. The van der Waals surface area contributed by atoms with Crippen LogP contribution in [0.3, 0.4) is 0 Å². The maximum absolute atomic E-state index is 5.61. The number of imidazole rings is 1. The van der Waals surface area contributed by atoms with Gasteiger partial charge in [0, 0.05) is 18.9 Å². The molecule has 0 aliphatic heterocycles. The molecular weight excluding hydrogens is 214 g/mol. The van der Waals surface area contributed by atoms with Crippen LogP contribution >= 0.6 is 0 Å². The fraction of sp³-hybridized carbons (Fsp3) is 0.308. The lowest BCUT2D eigenvalue weighted by atomic mass is 10.2. The number of ether oxygens (including phenoxy) is 1. The molecule has 0 spiro atoms. The highest BCUT2D eigenvalue weighted by Gasteiger charge is 1.95. The van der Waals surface area contributed by atoms with Crippen LogP contribution in [0.2, 0.25) is 0 Å². The predicted molar refractivity (Wildman–Crippen MR) is 67.0 cm³/mol. The van der Waals surface area contributed by atoms with Gasteiger partial charge in [-0.15, -0.1) is 0 Å². The fourth-order valence-electron chi connectivity index (χ4n) is 1.55. The average Bonchev–Trinajstić information content (AvgIpc) is 2.82. The van der Waals surface area contributed by atoms with E-state index in [1.807, 2.05) is 24.4 Å². The molecule has 0 saturated heterocycles. The lowest BCUT2D eigenvalue weighted by molar-refractivity contribution is 0.313. The van der Waals surface area contributed by atoms with Crippen LogP contribution in [0.4, 0.5) is 0 Å². The highest BCUT2D eigenvalue weighted by molar-refractivity contribution is 5.27. The molecule has 2 N–H and O–H groups in total. The van der Waals surface area contributed by atoms with Gasteiger partial charge in [-0.3, -0.25) is 0 Å². The largest absolute Gasteiger partial charge is 0.492 e. The van der Waals surface area contributed by atoms with Crippen molar-refractivity contribution in [3.63, 3.8) is 0 Å². The Labute approximate surface area is 101 Å². The Balaban J connectivity index is 1.63. The van der Waals surface area contributed by atoms with E-state index >= 15 is 0 Å². The zero-order valence-corrected chi connectivity index (χ0v) is 9.94. The molecule has 1 aromatic heterocycles. The molecule has 17 heavy (non-hydrogen) atoms. The minimum atomic E-state index is 0.657. The molecule has 4 heteroatoms. The van der Waals surface area contributed by atoms with E-state index in [1.165, 1.54) is 5.56 Å². The summed E-state index contributed by atoms with van der Waals surface area (Å²) in [5, 5.41) is 3.25. The number of rotatable bonds is 6. The van der Waals surface area contributed by atoms with Crippen molar-refractivity contribution < 1.29 is 4.74 Å². The number of aryl methyl sites for hydroxylation is 1. The number of benzene rings is 1. The van der Waals surface area contributed by atoms with Gasteiger partial charge in [0.25, 0.3) is 0 Å². The SMILES string of the molecule is Cc1cccc(OCCNCc2ncc[nH]2)c1. The van der Waals surface area contributed by atoms with E-state index in [2.05, 4.69) is 28.3 Å². The number of hydrogen-bond donors (Lipinski definition) is 2. The molecule has 0 atom stereocenters. The first-order valence-corrected chi connectivity index (χ1v) is 5.73. The van der Waals surface area contributed by atoms with Crippen molar-refractivity contribution in [3.05, 3.63) is 48.0 Å². The van der Waals surface area contributed by atoms with E-state index in [0.29, 0.717) is 6.61 Å². The number of nitrogens with one attached hydrogen (secondary N) is 2. The molecule has 0 saturated carbocycles. The summed E-state index contributed by atoms with van der Waals surface area (Å²) < 4.78 is 5.61. The van der Waals surface area contributed by atoms with Crippen molar-refractivity contribution >= 4 is 0 Å². The van der Waals surface area contributed by atoms with Crippen molar-refractivity contribution in [1.29, 1.82) is 0 Å². The minimum Gasteiger partial charge on any atom is -0.492 e. The van der Waals surface area contributed by atoms with Crippen LogP contribution in [0.1, 0.15) is 11.4 Å². The molecule has 0 amide bonds. The summed E-state index contributed by atoms with van der Waals surface area (Å²) in [6.45, 7) is 4.25. The zero-order chi connectivity index (χ0) is 11.9. The molecule has 2 rings (SSSR count). The van der Waals surface area contributed by atoms with Crippen molar-refractivity contribution in [2.24, 2.45) is 0 Å². The molecule has 0 aliphatic carbocycles. The van der Waals surface area contributed by atoms with E-state index in [-0.39, 0.29) is 0 Å². The Morgan fingerprint density at radius 1 is 1.41 bits per heavy atom. The summed E-state index contributed by atoms with van der Waals surface area (Å²) in [5.41, 5.74) is 1.21. The molecule has 2 aromatic rings. The van der Waals surface area contributed by atoms with Gasteiger partial charge in [0.05, 0.1) is 6.54 Å². The van der Waals surface area contributed by atoms with E-state index < -0.39 is 0 Å². The Morgan fingerprint density at radius 3 is 3.12 bits per heavy atom. The lowest BCUT2D eigenvalue weighted by Gasteiger charge is -2.07. The lowest BCUT2D eigenvalue weighted by Crippen LogP contribution is -2.21. The standard InChI is InChI=1S/C13H17N3O/c1-11-3-2-4-12(9-11)17-8-7-14-10-13-15-5-6-16-13/h2-6,9,14H,7-8,10H2,1H3,(H,15,16). The topological polar surface area (TPSA) is 49.9 Å². The van der Waals surface area contributed by atoms with Gasteiger partial charge < -0.3 is 15.0 Å². The summed E-state index contributed by atoms with van der Waals surface area (Å²) in [6, 6.07) is 8.06. The maximum Gasteiger partial charge on any atom is 0.120 e. The van der Waals surface area contributed by atoms with Crippen LogP contribution < -0.4 is 10.1 Å². The Hall–Kier alpha value is -1.81. The van der Waals surface area contributed by atoms with Crippen molar-refractivity contribution in [1.82, 2.24) is 15.3 Å². The van der Waals surface area contributed by atoms with Gasteiger partial charge >= 0.3 is 0 Å². The zero-order valence-electron chi connectivity index (χ0n) is 9.94. The van der Waals surface area contributed by atoms with Crippen LogP contribution in [0.5, 0.6) is 5.75 Å². The molecule has 0 unspecified atom stereocenters. The van der Waals surface area contributed by atoms with Crippen LogP contribution in [-0.2, 0) is 6.54 Å². The second-order valence-electron chi connectivity index (χ2n) is 3.88. The van der Waals surface area contributed by atoms with Gasteiger partial charge in [-0.2, -0.15) is 0 Å². The van der Waals surface area contributed by atoms with Crippen molar-refractivity contribution in [3.8, 4) is 5.75 Å². The Morgan fingerprint density at radius 2 is 2.35 bits per heavy atom. The van der Waals surface area contributed by atoms with Crippen LogP contribution in [0.15, 0.2) is 36.7 Å². The van der Waals surface area contributed by atoms with Crippen LogP contribution in [0, 0.1) is 6.92 Å². The molecule has 1 aromatic carbocycles. The molecule has 90 valence electrons. The first-order valence-electron chi connectivity index (χ1n) is 5.73. The molecular formula is C13H17N3O. The quantitative estimate of drug-likeness (QED) is 0.746. The normalized spacial score (nSPS) is 10.4. The smallest absolute Gasteiger partial charge is 0.120 e. The molecule has 1 heterocycles. The molecule has 0 radical (unpaired) electrons. The van der Waals surface area contributed by atoms with Gasteiger partial charge in [-0.25, -0.2) is 4.98 Å². The van der Waals surface area contributed by atoms with E-state index in [9.17, 15) is 0 Å². The Kier molecular flexibility index (Phi) is 4.16. The van der Waals surface area contributed by atoms with Gasteiger partial charge in [0.15, 0.2) is 0 Å². The first kappa shape index (κ1) is 11.7. The number of aromatic amines is 1. The highest BCUT2D eigenvalue weighted by atomic mass is 16.5. The third kappa shape index (κ3) is 3.92. The maximum atomic E-state index is 5.61. The van der Waals surface area contributed by atoms with Gasteiger partial charge in [-0.05, 0) is 24.6 Å². The van der Waals surface area contributed by atoms with E-state index in [1.54, 1.807) is 6.20 Å².